The Hall–Kier alpha value is -5.14. The number of carbonyl (C=O) groups excluding carboxylic acids is 5. The first-order valence-electron chi connectivity index (χ1n) is 17.6. The molecule has 0 spiro atoms. The summed E-state index contributed by atoms with van der Waals surface area (Å²) in [6.45, 7) is 5.64. The Labute approximate surface area is 289 Å². The maximum atomic E-state index is 13.3. The van der Waals surface area contributed by atoms with Gasteiger partial charge in [0.25, 0.3) is 17.4 Å². The number of nitrogens with zero attached hydrogens (tertiary/aromatic N) is 5. The van der Waals surface area contributed by atoms with Gasteiger partial charge in [0.05, 0.1) is 11.1 Å². The highest BCUT2D eigenvalue weighted by molar-refractivity contribution is 6.25. The van der Waals surface area contributed by atoms with E-state index in [9.17, 15) is 28.8 Å². The standard InChI is InChI=1S/C36H42N8O6/c1-20-6-3-9-26(20)43-31-22(18-21(2)33(43)48)19-38-36(41-31)39-23-13-16-42(17-14-23)29(46)10-5-15-37-25-8-4-7-24-30(25)35(50)44(34(24)49)27-11-12-28(45)40-32(27)47/h4,7-8,18-20,23,26-27,37H,3,5-6,9-17H2,1-2H3,(H,38,39,41)(H,40,45,47). The van der Waals surface area contributed by atoms with E-state index in [1.807, 2.05) is 22.5 Å². The highest BCUT2D eigenvalue weighted by Gasteiger charge is 2.45. The maximum absolute atomic E-state index is 13.3. The van der Waals surface area contributed by atoms with Crippen LogP contribution >= 0.6 is 0 Å². The molecule has 3 atom stereocenters. The van der Waals surface area contributed by atoms with Crippen LogP contribution in [0.3, 0.4) is 0 Å². The molecule has 3 fully saturated rings. The molecule has 2 aromatic heterocycles. The fourth-order valence-electron chi connectivity index (χ4n) is 7.88. The molecule has 3 aliphatic heterocycles. The van der Waals surface area contributed by atoms with Crippen molar-refractivity contribution >= 4 is 52.2 Å². The molecular formula is C36H42N8O6. The number of hydrogen-bond donors (Lipinski definition) is 3. The van der Waals surface area contributed by atoms with Crippen molar-refractivity contribution in [1.29, 1.82) is 0 Å². The monoisotopic (exact) mass is 682 g/mol. The Morgan fingerprint density at radius 2 is 1.82 bits per heavy atom. The maximum Gasteiger partial charge on any atom is 0.264 e. The molecule has 50 heavy (non-hydrogen) atoms. The van der Waals surface area contributed by atoms with Crippen LogP contribution in [0.5, 0.6) is 0 Å². The summed E-state index contributed by atoms with van der Waals surface area (Å²) in [5.74, 6) is -1.26. The minimum absolute atomic E-state index is 0.00983. The van der Waals surface area contributed by atoms with Crippen LogP contribution in [0, 0.1) is 12.8 Å². The third-order valence-corrected chi connectivity index (χ3v) is 10.6. The van der Waals surface area contributed by atoms with Gasteiger partial charge < -0.3 is 15.5 Å². The van der Waals surface area contributed by atoms with Crippen molar-refractivity contribution in [2.75, 3.05) is 30.3 Å². The molecule has 1 saturated carbocycles. The molecular weight excluding hydrogens is 640 g/mol. The smallest absolute Gasteiger partial charge is 0.264 e. The molecule has 0 radical (unpaired) electrons. The molecule has 3 unspecified atom stereocenters. The minimum Gasteiger partial charge on any atom is -0.384 e. The number of nitrogens with one attached hydrogen (secondary N) is 3. The minimum atomic E-state index is -1.03. The van der Waals surface area contributed by atoms with E-state index < -0.39 is 29.7 Å². The largest absolute Gasteiger partial charge is 0.384 e. The Morgan fingerprint density at radius 1 is 1.02 bits per heavy atom. The third-order valence-electron chi connectivity index (χ3n) is 10.6. The molecule has 2 saturated heterocycles. The van der Waals surface area contributed by atoms with Crippen LogP contribution in [0.1, 0.15) is 97.0 Å². The predicted octanol–water partition coefficient (Wildman–Crippen LogP) is 3.16. The normalized spacial score (nSPS) is 22.6. The second-order valence-electron chi connectivity index (χ2n) is 14.0. The van der Waals surface area contributed by atoms with E-state index >= 15 is 0 Å². The van der Waals surface area contributed by atoms with Gasteiger partial charge in [-0.3, -0.25) is 43.6 Å². The van der Waals surface area contributed by atoms with E-state index in [2.05, 4.69) is 27.9 Å². The number of carbonyl (C=O) groups is 5. The zero-order valence-corrected chi connectivity index (χ0v) is 28.4. The number of aromatic nitrogens is 3. The van der Waals surface area contributed by atoms with Crippen molar-refractivity contribution in [3.63, 3.8) is 0 Å². The summed E-state index contributed by atoms with van der Waals surface area (Å²) in [6, 6.07) is 5.98. The third kappa shape index (κ3) is 6.22. The van der Waals surface area contributed by atoms with Crippen LogP contribution in [-0.4, -0.2) is 85.6 Å². The number of rotatable bonds is 9. The molecule has 5 heterocycles. The number of pyridine rings is 1. The highest BCUT2D eigenvalue weighted by atomic mass is 16.2. The van der Waals surface area contributed by atoms with Gasteiger partial charge in [-0.1, -0.05) is 19.4 Å². The van der Waals surface area contributed by atoms with Crippen LogP contribution in [0.2, 0.25) is 0 Å². The SMILES string of the molecule is Cc1cc2cnc(NC3CCN(C(=O)CCCNc4cccc5c4C(=O)N(C4CCC(=O)NC4=O)C5=O)CC3)nc2n(C2CCCC2C)c1=O. The van der Waals surface area contributed by atoms with Crippen LogP contribution in [0.25, 0.3) is 11.0 Å². The van der Waals surface area contributed by atoms with Crippen molar-refractivity contribution in [2.45, 2.75) is 89.8 Å². The average molecular weight is 683 g/mol. The number of imide groups is 2. The second kappa shape index (κ2) is 13.6. The molecule has 4 aliphatic rings. The van der Waals surface area contributed by atoms with Crippen molar-refractivity contribution in [1.82, 2.24) is 29.7 Å². The Kier molecular flexibility index (Phi) is 9.10. The van der Waals surface area contributed by atoms with E-state index in [4.69, 9.17) is 4.98 Å². The molecule has 5 amide bonds. The molecule has 0 bridgehead atoms. The molecule has 262 valence electrons. The van der Waals surface area contributed by atoms with Gasteiger partial charge in [0.1, 0.15) is 11.7 Å². The van der Waals surface area contributed by atoms with Gasteiger partial charge in [0.2, 0.25) is 23.7 Å². The van der Waals surface area contributed by atoms with E-state index in [1.54, 1.807) is 24.4 Å². The summed E-state index contributed by atoms with van der Waals surface area (Å²) in [6.07, 6.45) is 7.41. The number of hydrogen-bond acceptors (Lipinski definition) is 10. The average Bonchev–Trinajstić information content (AvgIpc) is 3.63. The number of amides is 5. The Balaban J connectivity index is 0.910. The Bertz CT molecular complexity index is 1950. The summed E-state index contributed by atoms with van der Waals surface area (Å²) in [5, 5.41) is 9.71. The summed E-state index contributed by atoms with van der Waals surface area (Å²) in [4.78, 5) is 88.9. The van der Waals surface area contributed by atoms with Gasteiger partial charge in [0.15, 0.2) is 0 Å². The quantitative estimate of drug-likeness (QED) is 0.225. The summed E-state index contributed by atoms with van der Waals surface area (Å²) in [5.41, 5.74) is 2.25. The van der Waals surface area contributed by atoms with E-state index in [-0.39, 0.29) is 47.5 Å². The zero-order chi connectivity index (χ0) is 35.1. The molecule has 7 rings (SSSR count). The lowest BCUT2D eigenvalue weighted by molar-refractivity contribution is -0.136. The summed E-state index contributed by atoms with van der Waals surface area (Å²) >= 11 is 0. The highest BCUT2D eigenvalue weighted by Crippen LogP contribution is 2.36. The van der Waals surface area contributed by atoms with Gasteiger partial charge in [0, 0.05) is 67.4 Å². The van der Waals surface area contributed by atoms with E-state index in [0.717, 1.165) is 42.4 Å². The van der Waals surface area contributed by atoms with E-state index in [1.165, 1.54) is 0 Å². The number of fused-ring (bicyclic) bond motifs is 2. The van der Waals surface area contributed by atoms with Gasteiger partial charge >= 0.3 is 0 Å². The first-order chi connectivity index (χ1) is 24.1. The van der Waals surface area contributed by atoms with Crippen molar-refractivity contribution in [2.24, 2.45) is 5.92 Å². The van der Waals surface area contributed by atoms with Gasteiger partial charge in [-0.05, 0) is 69.6 Å². The van der Waals surface area contributed by atoms with Gasteiger partial charge in [-0.2, -0.15) is 4.98 Å². The number of benzene rings is 1. The van der Waals surface area contributed by atoms with Crippen LogP contribution in [0.15, 0.2) is 35.3 Å². The van der Waals surface area contributed by atoms with Crippen molar-refractivity contribution in [3.05, 3.63) is 57.5 Å². The van der Waals surface area contributed by atoms with Gasteiger partial charge in [-0.25, -0.2) is 4.98 Å². The number of anilines is 2. The summed E-state index contributed by atoms with van der Waals surface area (Å²) in [7, 11) is 0. The number of likely N-dealkylation sites (tertiary alicyclic amines) is 1. The first kappa shape index (κ1) is 33.4. The lowest BCUT2D eigenvalue weighted by Gasteiger charge is -2.32. The fraction of sp³-hybridized carbons (Fsp3) is 0.500. The molecule has 1 aliphatic carbocycles. The van der Waals surface area contributed by atoms with Gasteiger partial charge in [-0.15, -0.1) is 0 Å². The predicted molar refractivity (Wildman–Crippen MR) is 185 cm³/mol. The number of aryl methyl sites for hydroxylation is 1. The van der Waals surface area contributed by atoms with Crippen molar-refractivity contribution < 1.29 is 24.0 Å². The van der Waals surface area contributed by atoms with Crippen molar-refractivity contribution in [3.8, 4) is 0 Å². The molecule has 1 aromatic carbocycles. The summed E-state index contributed by atoms with van der Waals surface area (Å²) < 4.78 is 1.88. The van der Waals surface area contributed by atoms with E-state index in [0.29, 0.717) is 61.2 Å². The van der Waals surface area contributed by atoms with Crippen LogP contribution in [0.4, 0.5) is 11.6 Å². The second-order valence-corrected chi connectivity index (χ2v) is 14.0. The lowest BCUT2D eigenvalue weighted by Crippen LogP contribution is -2.54. The topological polar surface area (TPSA) is 176 Å². The number of piperidine rings is 2. The zero-order valence-electron chi connectivity index (χ0n) is 28.4. The fourth-order valence-corrected chi connectivity index (χ4v) is 7.88. The van der Waals surface area contributed by atoms with Crippen LogP contribution in [-0.2, 0) is 14.4 Å². The van der Waals surface area contributed by atoms with Crippen LogP contribution < -0.4 is 21.5 Å². The Morgan fingerprint density at radius 3 is 2.56 bits per heavy atom. The molecule has 14 nitrogen and oxygen atoms in total. The lowest BCUT2D eigenvalue weighted by atomic mass is 10.0. The molecule has 3 N–H and O–H groups in total. The molecule has 14 heteroatoms. The first-order valence-corrected chi connectivity index (χ1v) is 17.6. The molecule has 3 aromatic rings.